The molecule has 1 aromatic carbocycles. The Labute approximate surface area is 175 Å². The normalized spacial score (nSPS) is 14.6. The highest BCUT2D eigenvalue weighted by molar-refractivity contribution is 6.01. The first kappa shape index (κ1) is 23.2. The van der Waals surface area contributed by atoms with Crippen LogP contribution in [-0.4, -0.2) is 61.2 Å². The molecule has 0 saturated carbocycles. The van der Waals surface area contributed by atoms with Crippen LogP contribution in [-0.2, 0) is 23.8 Å². The first-order valence-electron chi connectivity index (χ1n) is 9.72. The van der Waals surface area contributed by atoms with Crippen molar-refractivity contribution in [2.75, 3.05) is 32.1 Å². The Morgan fingerprint density at radius 1 is 1.10 bits per heavy atom. The number of likely N-dealkylation sites (tertiary alicyclic amines) is 1. The Balaban J connectivity index is 1.80. The summed E-state index contributed by atoms with van der Waals surface area (Å²) in [6.07, 6.45) is 0.466. The van der Waals surface area contributed by atoms with E-state index < -0.39 is 36.1 Å². The number of benzene rings is 1. The molecule has 2 rings (SSSR count). The van der Waals surface area contributed by atoms with Crippen LogP contribution >= 0.6 is 0 Å². The summed E-state index contributed by atoms with van der Waals surface area (Å²) in [6, 6.07) is 6.38. The maximum atomic E-state index is 12.3. The van der Waals surface area contributed by atoms with E-state index in [4.69, 9.17) is 9.47 Å². The van der Waals surface area contributed by atoms with Gasteiger partial charge in [-0.2, -0.15) is 0 Å². The molecular weight excluding hydrogens is 392 g/mol. The molecular formula is C21H28N2O7. The number of rotatable bonds is 5. The van der Waals surface area contributed by atoms with Crippen LogP contribution in [0.25, 0.3) is 0 Å². The lowest BCUT2D eigenvalue weighted by atomic mass is 9.97. The maximum absolute atomic E-state index is 12.3. The lowest BCUT2D eigenvalue weighted by molar-refractivity contribution is -0.153. The smallest absolute Gasteiger partial charge is 0.410 e. The maximum Gasteiger partial charge on any atom is 0.410 e. The summed E-state index contributed by atoms with van der Waals surface area (Å²) in [6.45, 7) is 5.68. The molecule has 0 unspecified atom stereocenters. The van der Waals surface area contributed by atoms with Crippen molar-refractivity contribution in [3.05, 3.63) is 29.8 Å². The second-order valence-corrected chi connectivity index (χ2v) is 7.93. The Bertz CT molecular complexity index is 793. The molecule has 0 atom stereocenters. The minimum absolute atomic E-state index is 0.203. The van der Waals surface area contributed by atoms with Crippen molar-refractivity contribution < 1.29 is 33.4 Å². The van der Waals surface area contributed by atoms with E-state index in [9.17, 15) is 19.2 Å². The van der Waals surface area contributed by atoms with Gasteiger partial charge in [0.05, 0.1) is 24.3 Å². The summed E-state index contributed by atoms with van der Waals surface area (Å²) in [7, 11) is 1.25. The van der Waals surface area contributed by atoms with Crippen LogP contribution in [0.3, 0.4) is 0 Å². The van der Waals surface area contributed by atoms with Crippen molar-refractivity contribution in [3.63, 3.8) is 0 Å². The molecule has 0 bridgehead atoms. The lowest BCUT2D eigenvalue weighted by Gasteiger charge is -2.32. The van der Waals surface area contributed by atoms with E-state index in [1.54, 1.807) is 43.9 Å². The number of hydrogen-bond donors (Lipinski definition) is 1. The number of amides is 2. The fourth-order valence-electron chi connectivity index (χ4n) is 2.95. The molecule has 0 spiro atoms. The fraction of sp³-hybridized carbons (Fsp3) is 0.524. The number of anilines is 1. The predicted octanol–water partition coefficient (Wildman–Crippen LogP) is 2.60. The van der Waals surface area contributed by atoms with Crippen LogP contribution in [0.5, 0.6) is 0 Å². The molecule has 1 saturated heterocycles. The van der Waals surface area contributed by atoms with Crippen LogP contribution in [0, 0.1) is 5.92 Å². The molecule has 1 N–H and O–H groups in total. The topological polar surface area (TPSA) is 111 Å². The van der Waals surface area contributed by atoms with Gasteiger partial charge in [-0.15, -0.1) is 0 Å². The molecule has 1 heterocycles. The van der Waals surface area contributed by atoms with Gasteiger partial charge in [0.25, 0.3) is 5.91 Å². The zero-order chi connectivity index (χ0) is 22.3. The minimum atomic E-state index is -0.584. The third kappa shape index (κ3) is 6.75. The van der Waals surface area contributed by atoms with E-state index in [0.717, 1.165) is 0 Å². The number of para-hydroxylation sites is 1. The average molecular weight is 420 g/mol. The summed E-state index contributed by atoms with van der Waals surface area (Å²) in [5.74, 6) is -2.03. The molecule has 9 heteroatoms. The third-order valence-corrected chi connectivity index (χ3v) is 4.43. The van der Waals surface area contributed by atoms with E-state index in [1.807, 2.05) is 0 Å². The van der Waals surface area contributed by atoms with Crippen LogP contribution in [0.2, 0.25) is 0 Å². The fourth-order valence-corrected chi connectivity index (χ4v) is 2.95. The van der Waals surface area contributed by atoms with Crippen molar-refractivity contribution in [2.45, 2.75) is 39.2 Å². The molecule has 30 heavy (non-hydrogen) atoms. The average Bonchev–Trinajstić information content (AvgIpc) is 2.70. The van der Waals surface area contributed by atoms with Gasteiger partial charge in [-0.05, 0) is 45.7 Å². The Hall–Kier alpha value is -3.10. The van der Waals surface area contributed by atoms with Crippen molar-refractivity contribution in [1.29, 1.82) is 0 Å². The Morgan fingerprint density at radius 2 is 1.73 bits per heavy atom. The van der Waals surface area contributed by atoms with Gasteiger partial charge in [0.2, 0.25) is 0 Å². The second kappa shape index (κ2) is 10.1. The van der Waals surface area contributed by atoms with E-state index in [-0.39, 0.29) is 17.2 Å². The first-order valence-corrected chi connectivity index (χ1v) is 9.72. The highest BCUT2D eigenvalue weighted by atomic mass is 16.6. The van der Waals surface area contributed by atoms with Crippen molar-refractivity contribution >= 4 is 29.6 Å². The predicted molar refractivity (Wildman–Crippen MR) is 108 cm³/mol. The van der Waals surface area contributed by atoms with Crippen LogP contribution < -0.4 is 5.32 Å². The molecule has 0 radical (unpaired) electrons. The SMILES string of the molecule is COC(=O)c1ccccc1NC(=O)COC(=O)C1CCN(C(=O)OC(C)(C)C)CC1. The molecule has 1 fully saturated rings. The molecule has 1 aliphatic rings. The van der Waals surface area contributed by atoms with Crippen LogP contribution in [0.15, 0.2) is 24.3 Å². The van der Waals surface area contributed by atoms with Gasteiger partial charge >= 0.3 is 18.0 Å². The largest absolute Gasteiger partial charge is 0.465 e. The summed E-state index contributed by atoms with van der Waals surface area (Å²) in [5, 5.41) is 2.54. The number of hydrogen-bond acceptors (Lipinski definition) is 7. The number of carbonyl (C=O) groups is 4. The monoisotopic (exact) mass is 420 g/mol. The number of methoxy groups -OCH3 is 1. The molecule has 1 aromatic rings. The second-order valence-electron chi connectivity index (χ2n) is 7.93. The number of nitrogens with one attached hydrogen (secondary N) is 1. The highest BCUT2D eigenvalue weighted by Gasteiger charge is 2.31. The zero-order valence-electron chi connectivity index (χ0n) is 17.7. The van der Waals surface area contributed by atoms with Crippen molar-refractivity contribution in [3.8, 4) is 0 Å². The molecule has 0 aromatic heterocycles. The molecule has 2 amide bonds. The summed E-state index contributed by atoms with van der Waals surface area (Å²) in [4.78, 5) is 49.8. The van der Waals surface area contributed by atoms with Gasteiger partial charge in [-0.3, -0.25) is 9.59 Å². The van der Waals surface area contributed by atoms with Gasteiger partial charge in [0, 0.05) is 13.1 Å². The van der Waals surface area contributed by atoms with Gasteiger partial charge in [-0.1, -0.05) is 12.1 Å². The highest BCUT2D eigenvalue weighted by Crippen LogP contribution is 2.21. The van der Waals surface area contributed by atoms with Crippen molar-refractivity contribution in [2.24, 2.45) is 5.92 Å². The standard InChI is InChI=1S/C21H28N2O7/c1-21(2,3)30-20(27)23-11-9-14(10-12-23)18(25)29-13-17(24)22-16-8-6-5-7-15(16)19(26)28-4/h5-8,14H,9-13H2,1-4H3,(H,22,24). The molecule has 9 nitrogen and oxygen atoms in total. The Kier molecular flexibility index (Phi) is 7.79. The Morgan fingerprint density at radius 3 is 2.33 bits per heavy atom. The summed E-state index contributed by atoms with van der Waals surface area (Å²) in [5.41, 5.74) is -0.0996. The van der Waals surface area contributed by atoms with Crippen LogP contribution in [0.1, 0.15) is 44.0 Å². The van der Waals surface area contributed by atoms with Gasteiger partial charge < -0.3 is 24.4 Å². The number of ether oxygens (including phenoxy) is 3. The van der Waals surface area contributed by atoms with Crippen LogP contribution in [0.4, 0.5) is 10.5 Å². The van der Waals surface area contributed by atoms with E-state index in [0.29, 0.717) is 25.9 Å². The van der Waals surface area contributed by atoms with Crippen molar-refractivity contribution in [1.82, 2.24) is 4.90 Å². The lowest BCUT2D eigenvalue weighted by Crippen LogP contribution is -2.43. The minimum Gasteiger partial charge on any atom is -0.465 e. The van der Waals surface area contributed by atoms with Gasteiger partial charge in [-0.25, -0.2) is 9.59 Å². The third-order valence-electron chi connectivity index (χ3n) is 4.43. The number of esters is 2. The number of carbonyl (C=O) groups excluding carboxylic acids is 4. The van der Waals surface area contributed by atoms with E-state index in [2.05, 4.69) is 10.1 Å². The summed E-state index contributed by atoms with van der Waals surface area (Å²) >= 11 is 0. The van der Waals surface area contributed by atoms with Gasteiger partial charge in [0.1, 0.15) is 5.60 Å². The number of piperidine rings is 1. The zero-order valence-corrected chi connectivity index (χ0v) is 17.7. The van der Waals surface area contributed by atoms with E-state index >= 15 is 0 Å². The quantitative estimate of drug-likeness (QED) is 0.576. The number of nitrogens with zero attached hydrogens (tertiary/aromatic N) is 1. The van der Waals surface area contributed by atoms with E-state index in [1.165, 1.54) is 13.2 Å². The summed E-state index contributed by atoms with van der Waals surface area (Å²) < 4.78 is 15.1. The van der Waals surface area contributed by atoms with Gasteiger partial charge in [0.15, 0.2) is 6.61 Å². The molecule has 0 aliphatic carbocycles. The first-order chi connectivity index (χ1) is 14.1. The molecule has 1 aliphatic heterocycles. The molecule has 164 valence electrons.